The number of carbonyl (C=O) groups is 3. The van der Waals surface area contributed by atoms with Crippen LogP contribution in [-0.2, 0) is 14.4 Å². The number of hydrogen-bond donors (Lipinski definition) is 2. The Morgan fingerprint density at radius 3 is 2.62 bits per heavy atom. The van der Waals surface area contributed by atoms with Gasteiger partial charge in [0.25, 0.3) is 0 Å². The van der Waals surface area contributed by atoms with Crippen LogP contribution in [0.1, 0.15) is 39.5 Å². The molecule has 2 aliphatic rings. The van der Waals surface area contributed by atoms with Gasteiger partial charge < -0.3 is 15.3 Å². The van der Waals surface area contributed by atoms with Crippen LogP contribution in [-0.4, -0.2) is 46.9 Å². The lowest BCUT2D eigenvalue weighted by Gasteiger charge is -2.22. The van der Waals surface area contributed by atoms with Crippen molar-refractivity contribution in [3.8, 4) is 0 Å². The van der Waals surface area contributed by atoms with Gasteiger partial charge in [-0.05, 0) is 24.7 Å². The SMILES string of the molecule is CCC(C)C(NC(=O)C1CC(=O)N(CC2CC2)C1)C(=O)O. The van der Waals surface area contributed by atoms with Gasteiger partial charge in [0, 0.05) is 19.5 Å². The minimum Gasteiger partial charge on any atom is -0.480 e. The lowest BCUT2D eigenvalue weighted by molar-refractivity contribution is -0.143. The van der Waals surface area contributed by atoms with Gasteiger partial charge in [-0.1, -0.05) is 20.3 Å². The zero-order valence-corrected chi connectivity index (χ0v) is 12.7. The van der Waals surface area contributed by atoms with Gasteiger partial charge in [0.15, 0.2) is 0 Å². The van der Waals surface area contributed by atoms with E-state index in [1.54, 1.807) is 11.8 Å². The minimum atomic E-state index is -1.02. The topological polar surface area (TPSA) is 86.7 Å². The fraction of sp³-hybridized carbons (Fsp3) is 0.800. The fourth-order valence-corrected chi connectivity index (χ4v) is 2.69. The van der Waals surface area contributed by atoms with E-state index in [1.165, 1.54) is 0 Å². The Morgan fingerprint density at radius 2 is 2.10 bits per heavy atom. The van der Waals surface area contributed by atoms with E-state index in [1.807, 2.05) is 6.92 Å². The predicted molar refractivity (Wildman–Crippen MR) is 76.4 cm³/mol. The van der Waals surface area contributed by atoms with Crippen LogP contribution in [0.2, 0.25) is 0 Å². The molecule has 6 heteroatoms. The van der Waals surface area contributed by atoms with Crippen molar-refractivity contribution in [2.24, 2.45) is 17.8 Å². The number of hydrogen-bond acceptors (Lipinski definition) is 3. The third-order valence-corrected chi connectivity index (χ3v) is 4.54. The molecule has 2 rings (SSSR count). The van der Waals surface area contributed by atoms with Crippen LogP contribution < -0.4 is 5.32 Å². The van der Waals surface area contributed by atoms with Gasteiger partial charge in [-0.15, -0.1) is 0 Å². The Labute approximate surface area is 124 Å². The van der Waals surface area contributed by atoms with Crippen LogP contribution in [0.25, 0.3) is 0 Å². The minimum absolute atomic E-state index is 0.0115. The van der Waals surface area contributed by atoms with Gasteiger partial charge in [-0.25, -0.2) is 4.79 Å². The summed E-state index contributed by atoms with van der Waals surface area (Å²) in [6, 6.07) is -0.880. The Morgan fingerprint density at radius 1 is 1.43 bits per heavy atom. The molecule has 1 aliphatic carbocycles. The summed E-state index contributed by atoms with van der Waals surface area (Å²) < 4.78 is 0. The van der Waals surface area contributed by atoms with Crippen molar-refractivity contribution in [3.63, 3.8) is 0 Å². The zero-order chi connectivity index (χ0) is 15.6. The van der Waals surface area contributed by atoms with Crippen LogP contribution in [0.3, 0.4) is 0 Å². The first kappa shape index (κ1) is 15.8. The quantitative estimate of drug-likeness (QED) is 0.729. The summed E-state index contributed by atoms with van der Waals surface area (Å²) in [5.41, 5.74) is 0. The highest BCUT2D eigenvalue weighted by Crippen LogP contribution is 2.32. The molecule has 3 atom stereocenters. The molecule has 0 bridgehead atoms. The maximum Gasteiger partial charge on any atom is 0.326 e. The van der Waals surface area contributed by atoms with E-state index in [0.29, 0.717) is 18.9 Å². The molecule has 1 aliphatic heterocycles. The third-order valence-electron chi connectivity index (χ3n) is 4.54. The smallest absolute Gasteiger partial charge is 0.326 e. The number of carbonyl (C=O) groups excluding carboxylic acids is 2. The van der Waals surface area contributed by atoms with E-state index >= 15 is 0 Å². The van der Waals surface area contributed by atoms with Crippen LogP contribution in [0.15, 0.2) is 0 Å². The van der Waals surface area contributed by atoms with Crippen molar-refractivity contribution in [1.82, 2.24) is 10.2 Å². The number of carboxylic acids is 1. The molecule has 1 saturated heterocycles. The number of nitrogens with one attached hydrogen (secondary N) is 1. The highest BCUT2D eigenvalue weighted by atomic mass is 16.4. The van der Waals surface area contributed by atoms with Crippen LogP contribution >= 0.6 is 0 Å². The Bertz CT molecular complexity index is 433. The van der Waals surface area contributed by atoms with Crippen molar-refractivity contribution < 1.29 is 19.5 Å². The second-order valence-electron chi connectivity index (χ2n) is 6.35. The maximum atomic E-state index is 12.2. The number of rotatable bonds is 7. The van der Waals surface area contributed by atoms with Gasteiger partial charge in [-0.3, -0.25) is 9.59 Å². The second-order valence-corrected chi connectivity index (χ2v) is 6.35. The number of likely N-dealkylation sites (tertiary alicyclic amines) is 1. The third kappa shape index (κ3) is 3.95. The lowest BCUT2D eigenvalue weighted by atomic mass is 9.98. The number of aliphatic carboxylic acids is 1. The van der Waals surface area contributed by atoms with E-state index in [0.717, 1.165) is 19.4 Å². The summed E-state index contributed by atoms with van der Waals surface area (Å²) >= 11 is 0. The van der Waals surface area contributed by atoms with Gasteiger partial charge in [0.1, 0.15) is 6.04 Å². The molecule has 2 N–H and O–H groups in total. The Kier molecular flexibility index (Phi) is 4.85. The summed E-state index contributed by atoms with van der Waals surface area (Å²) in [6.07, 6.45) is 3.20. The molecule has 3 unspecified atom stereocenters. The summed E-state index contributed by atoms with van der Waals surface area (Å²) in [6.45, 7) is 4.87. The number of nitrogens with zero attached hydrogens (tertiary/aromatic N) is 1. The molecule has 1 heterocycles. The summed E-state index contributed by atoms with van der Waals surface area (Å²) in [7, 11) is 0. The van der Waals surface area contributed by atoms with Gasteiger partial charge in [-0.2, -0.15) is 0 Å². The second kappa shape index (κ2) is 6.45. The van der Waals surface area contributed by atoms with E-state index in [-0.39, 0.29) is 24.2 Å². The molecule has 0 aromatic carbocycles. The predicted octanol–water partition coefficient (Wildman–Crippen LogP) is 0.860. The van der Waals surface area contributed by atoms with E-state index < -0.39 is 17.9 Å². The fourth-order valence-electron chi connectivity index (χ4n) is 2.69. The molecule has 2 amide bonds. The first-order chi connectivity index (χ1) is 9.92. The van der Waals surface area contributed by atoms with Crippen LogP contribution in [0.5, 0.6) is 0 Å². The summed E-state index contributed by atoms with van der Waals surface area (Å²) in [5, 5.41) is 11.8. The normalized spacial score (nSPS) is 24.8. The molecule has 21 heavy (non-hydrogen) atoms. The van der Waals surface area contributed by atoms with Gasteiger partial charge >= 0.3 is 5.97 Å². The summed E-state index contributed by atoms with van der Waals surface area (Å²) in [5.74, 6) is -1.26. The van der Waals surface area contributed by atoms with E-state index in [4.69, 9.17) is 0 Å². The largest absolute Gasteiger partial charge is 0.480 e. The average Bonchev–Trinajstić information content (AvgIpc) is 3.18. The van der Waals surface area contributed by atoms with Gasteiger partial charge in [0.2, 0.25) is 11.8 Å². The van der Waals surface area contributed by atoms with E-state index in [2.05, 4.69) is 5.32 Å². The molecule has 2 fully saturated rings. The van der Waals surface area contributed by atoms with Crippen LogP contribution in [0.4, 0.5) is 0 Å². The van der Waals surface area contributed by atoms with Crippen LogP contribution in [0, 0.1) is 17.8 Å². The number of amides is 2. The van der Waals surface area contributed by atoms with Crippen molar-refractivity contribution >= 4 is 17.8 Å². The lowest BCUT2D eigenvalue weighted by Crippen LogP contribution is -2.47. The first-order valence-corrected chi connectivity index (χ1v) is 7.73. The maximum absolute atomic E-state index is 12.2. The monoisotopic (exact) mass is 296 g/mol. The van der Waals surface area contributed by atoms with Crippen molar-refractivity contribution in [2.75, 3.05) is 13.1 Å². The molecule has 0 aromatic rings. The molecular formula is C15H24N2O4. The van der Waals surface area contributed by atoms with Gasteiger partial charge in [0.05, 0.1) is 5.92 Å². The molecular weight excluding hydrogens is 272 g/mol. The van der Waals surface area contributed by atoms with Crippen molar-refractivity contribution in [2.45, 2.75) is 45.6 Å². The first-order valence-electron chi connectivity index (χ1n) is 7.73. The number of carboxylic acid groups (broad SMARTS) is 1. The molecule has 1 saturated carbocycles. The van der Waals surface area contributed by atoms with Crippen molar-refractivity contribution in [3.05, 3.63) is 0 Å². The van der Waals surface area contributed by atoms with Crippen molar-refractivity contribution in [1.29, 1.82) is 0 Å². The van der Waals surface area contributed by atoms with E-state index in [9.17, 15) is 19.5 Å². The average molecular weight is 296 g/mol. The Balaban J connectivity index is 1.90. The Hall–Kier alpha value is -1.59. The molecule has 118 valence electrons. The summed E-state index contributed by atoms with van der Waals surface area (Å²) in [4.78, 5) is 37.1. The zero-order valence-electron chi connectivity index (χ0n) is 12.7. The molecule has 0 aromatic heterocycles. The highest BCUT2D eigenvalue weighted by molar-refractivity contribution is 5.91. The standard InChI is InChI=1S/C15H24N2O4/c1-3-9(2)13(15(20)21)16-14(19)11-6-12(18)17(8-11)7-10-4-5-10/h9-11,13H,3-8H2,1-2H3,(H,16,19)(H,20,21). The molecule has 6 nitrogen and oxygen atoms in total. The molecule has 0 spiro atoms. The molecule has 0 radical (unpaired) electrons. The highest BCUT2D eigenvalue weighted by Gasteiger charge is 2.38.